The van der Waals surface area contributed by atoms with Gasteiger partial charge in [-0.05, 0) is 66.8 Å². The van der Waals surface area contributed by atoms with Crippen LogP contribution in [0.15, 0.2) is 42.5 Å². The fraction of sp³-hybridized carbons (Fsp3) is 0.318. The molecule has 0 spiro atoms. The Bertz CT molecular complexity index is 905. The van der Waals surface area contributed by atoms with Gasteiger partial charge in [0.25, 0.3) is 5.91 Å². The molecule has 0 radical (unpaired) electrons. The topological polar surface area (TPSA) is 41.6 Å². The van der Waals surface area contributed by atoms with Crippen molar-refractivity contribution in [2.75, 3.05) is 18.4 Å². The fourth-order valence-corrected chi connectivity index (χ4v) is 3.72. The van der Waals surface area contributed by atoms with Crippen LogP contribution in [0.2, 0.25) is 5.02 Å². The monoisotopic (exact) mass is 382 g/mol. The number of hydrogen-bond acceptors (Lipinski definition) is 3. The van der Waals surface area contributed by atoms with Crippen molar-refractivity contribution < 1.29 is 9.53 Å². The van der Waals surface area contributed by atoms with Crippen LogP contribution < -0.4 is 10.1 Å². The molecule has 1 unspecified atom stereocenters. The van der Waals surface area contributed by atoms with Crippen LogP contribution in [0.5, 0.6) is 5.75 Å². The average Bonchev–Trinajstić information content (AvgIpc) is 2.65. The molecule has 0 saturated heterocycles. The predicted molar refractivity (Wildman–Crippen MR) is 109 cm³/mol. The lowest BCUT2D eigenvalue weighted by atomic mass is 9.98. The third kappa shape index (κ3) is 3.87. The minimum Gasteiger partial charge on any atom is -0.479 e. The Morgan fingerprint density at radius 3 is 2.74 bits per heavy atom. The first-order chi connectivity index (χ1) is 13.0. The summed E-state index contributed by atoms with van der Waals surface area (Å²) in [6.45, 7) is 6.63. The molecule has 0 saturated carbocycles. The van der Waals surface area contributed by atoms with E-state index >= 15 is 0 Å². The number of carbonyl (C=O) groups is 1. The summed E-state index contributed by atoms with van der Waals surface area (Å²) >= 11 is 5.98. The number of rotatable bonds is 3. The lowest BCUT2D eigenvalue weighted by molar-refractivity contribution is -0.122. The van der Waals surface area contributed by atoms with E-state index in [1.165, 1.54) is 22.3 Å². The maximum Gasteiger partial charge on any atom is 0.265 e. The fourth-order valence-electron chi connectivity index (χ4n) is 3.59. The number of nitrogens with one attached hydrogen (secondary N) is 1. The van der Waals surface area contributed by atoms with Crippen molar-refractivity contribution in [1.82, 2.24) is 4.90 Å². The third-order valence-corrected chi connectivity index (χ3v) is 5.52. The second-order valence-electron chi connectivity index (χ2n) is 7.25. The van der Waals surface area contributed by atoms with Gasteiger partial charge in [-0.15, -0.1) is 0 Å². The molecule has 4 rings (SSSR count). The van der Waals surface area contributed by atoms with Crippen molar-refractivity contribution in [1.29, 1.82) is 0 Å². The molecule has 0 fully saturated rings. The summed E-state index contributed by atoms with van der Waals surface area (Å²) in [5.74, 6) is 0.665. The molecular formula is C22H23ClN2O2. The highest BCUT2D eigenvalue weighted by molar-refractivity contribution is 6.30. The number of aryl methyl sites for hydroxylation is 1. The van der Waals surface area contributed by atoms with Gasteiger partial charge in [-0.3, -0.25) is 9.69 Å². The van der Waals surface area contributed by atoms with Crippen molar-refractivity contribution in [3.8, 4) is 5.75 Å². The molecule has 1 N–H and O–H groups in total. The Morgan fingerprint density at radius 1 is 1.26 bits per heavy atom. The number of hydrogen-bond donors (Lipinski definition) is 1. The van der Waals surface area contributed by atoms with Gasteiger partial charge in [0.2, 0.25) is 0 Å². The Labute approximate surface area is 164 Å². The van der Waals surface area contributed by atoms with E-state index < -0.39 is 6.10 Å². The van der Waals surface area contributed by atoms with Gasteiger partial charge in [0.1, 0.15) is 5.75 Å². The zero-order valence-electron chi connectivity index (χ0n) is 15.6. The average molecular weight is 383 g/mol. The van der Waals surface area contributed by atoms with Crippen LogP contribution in [-0.2, 0) is 11.3 Å². The Morgan fingerprint density at radius 2 is 2.04 bits per heavy atom. The Hall–Kier alpha value is -2.30. The van der Waals surface area contributed by atoms with Crippen molar-refractivity contribution in [2.24, 2.45) is 0 Å². The van der Waals surface area contributed by atoms with Crippen molar-refractivity contribution >= 4 is 28.8 Å². The normalized spacial score (nSPS) is 19.7. The molecule has 2 aromatic rings. The van der Waals surface area contributed by atoms with Crippen molar-refractivity contribution in [3.05, 3.63) is 64.2 Å². The number of amides is 1. The summed E-state index contributed by atoms with van der Waals surface area (Å²) in [6.07, 6.45) is 2.87. The van der Waals surface area contributed by atoms with Crippen LogP contribution in [0.1, 0.15) is 30.0 Å². The lowest BCUT2D eigenvalue weighted by Gasteiger charge is -2.29. The first-order valence-electron chi connectivity index (χ1n) is 9.28. The van der Waals surface area contributed by atoms with Crippen LogP contribution >= 0.6 is 11.6 Å². The van der Waals surface area contributed by atoms with Gasteiger partial charge in [0.05, 0.1) is 5.69 Å². The van der Waals surface area contributed by atoms with Crippen LogP contribution in [0.25, 0.3) is 5.57 Å². The van der Waals surface area contributed by atoms with Crippen LogP contribution in [0, 0.1) is 6.92 Å². The largest absolute Gasteiger partial charge is 0.479 e. The highest BCUT2D eigenvalue weighted by Gasteiger charge is 2.25. The van der Waals surface area contributed by atoms with E-state index in [4.69, 9.17) is 16.3 Å². The SMILES string of the molecule is Cc1cc2c(cc1CN1CC=C(c3ccc(Cl)cc3)CC1)NC(=O)C(C)O2. The number of fused-ring (bicyclic) bond motifs is 1. The molecule has 2 aliphatic heterocycles. The van der Waals surface area contributed by atoms with E-state index in [1.54, 1.807) is 6.92 Å². The summed E-state index contributed by atoms with van der Waals surface area (Å²) in [7, 11) is 0. The first kappa shape index (κ1) is 18.1. The Balaban J connectivity index is 1.47. The minimum atomic E-state index is -0.443. The number of nitrogens with zero attached hydrogens (tertiary/aromatic N) is 1. The number of anilines is 1. The summed E-state index contributed by atoms with van der Waals surface area (Å²) in [4.78, 5) is 14.3. The molecule has 27 heavy (non-hydrogen) atoms. The molecule has 140 valence electrons. The van der Waals surface area contributed by atoms with Gasteiger partial charge < -0.3 is 10.1 Å². The smallest absolute Gasteiger partial charge is 0.265 e. The van der Waals surface area contributed by atoms with Crippen molar-refractivity contribution in [3.63, 3.8) is 0 Å². The van der Waals surface area contributed by atoms with E-state index in [0.29, 0.717) is 0 Å². The molecular weight excluding hydrogens is 360 g/mol. The molecule has 5 heteroatoms. The molecule has 0 aromatic heterocycles. The van der Waals surface area contributed by atoms with Gasteiger partial charge in [0.15, 0.2) is 6.10 Å². The third-order valence-electron chi connectivity index (χ3n) is 5.27. The van der Waals surface area contributed by atoms with Crippen LogP contribution in [0.4, 0.5) is 5.69 Å². The maximum atomic E-state index is 11.9. The van der Waals surface area contributed by atoms with E-state index in [-0.39, 0.29) is 5.91 Å². The summed E-state index contributed by atoms with van der Waals surface area (Å²) in [6, 6.07) is 12.1. The number of benzene rings is 2. The minimum absolute atomic E-state index is 0.0918. The summed E-state index contributed by atoms with van der Waals surface area (Å²) < 4.78 is 5.70. The molecule has 4 nitrogen and oxygen atoms in total. The molecule has 2 heterocycles. The van der Waals surface area contributed by atoms with E-state index in [2.05, 4.69) is 35.3 Å². The number of carbonyl (C=O) groups excluding carboxylic acids is 1. The summed E-state index contributed by atoms with van der Waals surface area (Å²) in [5, 5.41) is 3.71. The zero-order valence-corrected chi connectivity index (χ0v) is 16.3. The second-order valence-corrected chi connectivity index (χ2v) is 7.68. The van der Waals surface area contributed by atoms with Gasteiger partial charge in [-0.2, -0.15) is 0 Å². The molecule has 2 aromatic carbocycles. The molecule has 0 bridgehead atoms. The highest BCUT2D eigenvalue weighted by Crippen LogP contribution is 2.33. The first-order valence-corrected chi connectivity index (χ1v) is 9.66. The van der Waals surface area contributed by atoms with Gasteiger partial charge in [-0.1, -0.05) is 29.8 Å². The van der Waals surface area contributed by atoms with Crippen LogP contribution in [-0.4, -0.2) is 30.0 Å². The van der Waals surface area contributed by atoms with E-state index in [0.717, 1.165) is 42.5 Å². The quantitative estimate of drug-likeness (QED) is 0.839. The lowest BCUT2D eigenvalue weighted by Crippen LogP contribution is -2.34. The predicted octanol–water partition coefficient (Wildman–Crippen LogP) is 4.66. The Kier molecular flexibility index (Phi) is 4.94. The second kappa shape index (κ2) is 7.37. The molecule has 2 aliphatic rings. The van der Waals surface area contributed by atoms with Crippen LogP contribution in [0.3, 0.4) is 0 Å². The zero-order chi connectivity index (χ0) is 19.0. The number of ether oxygens (including phenoxy) is 1. The van der Waals surface area contributed by atoms with Gasteiger partial charge in [-0.25, -0.2) is 0 Å². The highest BCUT2D eigenvalue weighted by atomic mass is 35.5. The van der Waals surface area contributed by atoms with E-state index in [9.17, 15) is 4.79 Å². The number of halogens is 1. The molecule has 1 amide bonds. The standard InChI is InChI=1S/C22H23ClN2O2/c1-14-11-21-20(24-22(26)15(2)27-21)12-18(14)13-25-9-7-17(8-10-25)16-3-5-19(23)6-4-16/h3-7,11-12,15H,8-10,13H2,1-2H3,(H,24,26). The molecule has 0 aliphatic carbocycles. The maximum absolute atomic E-state index is 11.9. The van der Waals surface area contributed by atoms with Gasteiger partial charge in [0, 0.05) is 24.7 Å². The van der Waals surface area contributed by atoms with E-state index in [1.807, 2.05) is 24.3 Å². The summed E-state index contributed by atoms with van der Waals surface area (Å²) in [5.41, 5.74) is 5.80. The molecule has 1 atom stereocenters. The van der Waals surface area contributed by atoms with Crippen molar-refractivity contribution in [2.45, 2.75) is 32.9 Å². The van der Waals surface area contributed by atoms with Gasteiger partial charge >= 0.3 is 0 Å².